The van der Waals surface area contributed by atoms with E-state index in [1.807, 2.05) is 0 Å². The van der Waals surface area contributed by atoms with E-state index in [9.17, 15) is 0 Å². The van der Waals surface area contributed by atoms with Crippen molar-refractivity contribution in [2.24, 2.45) is 0 Å². The number of pyridine rings is 1. The van der Waals surface area contributed by atoms with Gasteiger partial charge in [-0.05, 0) is 23.3 Å². The first-order chi connectivity index (χ1) is 4.30. The molecule has 0 aromatic carbocycles. The second kappa shape index (κ2) is 3.00. The zero-order chi connectivity index (χ0) is 6.69. The first kappa shape index (κ1) is 6.80. The molecule has 4 heteroatoms. The molecule has 0 aliphatic carbocycles. The van der Waals surface area contributed by atoms with Crippen LogP contribution in [0.15, 0.2) is 29.4 Å². The highest BCUT2D eigenvalue weighted by Crippen LogP contribution is 1.96. The molecule has 1 heterocycles. The molecular formula is C5H5NOS2. The number of hydrogen-bond acceptors (Lipinski definition) is 2. The summed E-state index contributed by atoms with van der Waals surface area (Å²) in [4.78, 5) is 3.84. The van der Waals surface area contributed by atoms with E-state index >= 15 is 0 Å². The molecule has 0 saturated carbocycles. The second-order valence-corrected chi connectivity index (χ2v) is 3.28. The number of rotatable bonds is 1. The maximum atomic E-state index is 8.80. The smallest absolute Gasteiger partial charge is 0.126 e. The van der Waals surface area contributed by atoms with Crippen LogP contribution in [-0.4, -0.2) is 9.54 Å². The van der Waals surface area contributed by atoms with Gasteiger partial charge < -0.3 is 4.55 Å². The molecule has 48 valence electrons. The van der Waals surface area contributed by atoms with Crippen LogP contribution in [0.1, 0.15) is 0 Å². The quantitative estimate of drug-likeness (QED) is 0.663. The Bertz CT molecular complexity index is 211. The fourth-order valence-electron chi connectivity index (χ4n) is 0.450. The standard InChI is InChI=1S/C5H5NOS2/c7-9(8)5-3-1-2-4-6-5/h1-4H,(H,7,8). The largest absolute Gasteiger partial charge is 0.322 e. The summed E-state index contributed by atoms with van der Waals surface area (Å²) in [5, 5.41) is 0.563. The van der Waals surface area contributed by atoms with E-state index in [4.69, 9.17) is 4.55 Å². The van der Waals surface area contributed by atoms with Crippen molar-refractivity contribution in [3.8, 4) is 0 Å². The Kier molecular flexibility index (Phi) is 2.27. The molecule has 1 aromatic heterocycles. The van der Waals surface area contributed by atoms with Crippen LogP contribution in [0.25, 0.3) is 0 Å². The molecular weight excluding hydrogens is 154 g/mol. The SMILES string of the molecule is OS(=S)c1ccccn1. The average molecular weight is 159 g/mol. The summed E-state index contributed by atoms with van der Waals surface area (Å²) in [5.74, 6) is 0. The van der Waals surface area contributed by atoms with Crippen LogP contribution in [0.2, 0.25) is 0 Å². The first-order valence-electron chi connectivity index (χ1n) is 2.32. The fourth-order valence-corrected chi connectivity index (χ4v) is 1.09. The van der Waals surface area contributed by atoms with Gasteiger partial charge in [0.2, 0.25) is 0 Å². The summed E-state index contributed by atoms with van der Waals surface area (Å²) in [7, 11) is -1.11. The predicted octanol–water partition coefficient (Wildman–Crippen LogP) is 0.994. The summed E-state index contributed by atoms with van der Waals surface area (Å²) in [6.45, 7) is 0. The molecule has 0 radical (unpaired) electrons. The lowest BCUT2D eigenvalue weighted by molar-refractivity contribution is 0.652. The average Bonchev–Trinajstić information content (AvgIpc) is 1.90. The maximum Gasteiger partial charge on any atom is 0.126 e. The third kappa shape index (κ3) is 1.82. The summed E-state index contributed by atoms with van der Waals surface area (Å²) in [6, 6.07) is 5.28. The second-order valence-electron chi connectivity index (χ2n) is 1.42. The lowest BCUT2D eigenvalue weighted by atomic mass is 10.5. The predicted molar refractivity (Wildman–Crippen MR) is 39.9 cm³/mol. The van der Waals surface area contributed by atoms with E-state index in [-0.39, 0.29) is 0 Å². The Labute approximate surface area is 60.4 Å². The van der Waals surface area contributed by atoms with Gasteiger partial charge in [0.1, 0.15) is 5.03 Å². The van der Waals surface area contributed by atoms with Gasteiger partial charge in [0, 0.05) is 6.20 Å². The highest BCUT2D eigenvalue weighted by Gasteiger charge is 1.91. The van der Waals surface area contributed by atoms with Crippen molar-refractivity contribution in [3.63, 3.8) is 0 Å². The Hall–Kier alpha value is -0.320. The molecule has 0 aliphatic rings. The molecule has 2 nitrogen and oxygen atoms in total. The molecule has 0 aliphatic heterocycles. The zero-order valence-electron chi connectivity index (χ0n) is 4.52. The minimum Gasteiger partial charge on any atom is -0.322 e. The van der Waals surface area contributed by atoms with E-state index in [1.54, 1.807) is 24.4 Å². The molecule has 0 spiro atoms. The van der Waals surface area contributed by atoms with Crippen molar-refractivity contribution in [3.05, 3.63) is 24.4 Å². The summed E-state index contributed by atoms with van der Waals surface area (Å²) < 4.78 is 8.80. The van der Waals surface area contributed by atoms with E-state index in [0.29, 0.717) is 5.03 Å². The van der Waals surface area contributed by atoms with Gasteiger partial charge in [-0.1, -0.05) is 6.07 Å². The summed E-state index contributed by atoms with van der Waals surface area (Å²) >= 11 is 4.57. The van der Waals surface area contributed by atoms with Crippen LogP contribution in [0, 0.1) is 0 Å². The van der Waals surface area contributed by atoms with Gasteiger partial charge in [0.25, 0.3) is 0 Å². The van der Waals surface area contributed by atoms with Crippen LogP contribution in [0.3, 0.4) is 0 Å². The number of hydrogen-bond donors (Lipinski definition) is 1. The fraction of sp³-hybridized carbons (Fsp3) is 0. The van der Waals surface area contributed by atoms with Crippen LogP contribution < -0.4 is 0 Å². The van der Waals surface area contributed by atoms with Gasteiger partial charge in [-0.2, -0.15) is 0 Å². The van der Waals surface area contributed by atoms with E-state index < -0.39 is 9.74 Å². The molecule has 1 aromatic rings. The first-order valence-corrected chi connectivity index (χ1v) is 4.43. The Balaban J connectivity index is 2.98. The van der Waals surface area contributed by atoms with E-state index in [0.717, 1.165) is 0 Å². The van der Waals surface area contributed by atoms with Crippen molar-refractivity contribution >= 4 is 20.9 Å². The molecule has 0 saturated heterocycles. The number of nitrogens with zero attached hydrogens (tertiary/aromatic N) is 1. The minimum atomic E-state index is -1.11. The Morgan fingerprint density at radius 3 is 2.67 bits per heavy atom. The molecule has 1 rings (SSSR count). The highest BCUT2D eigenvalue weighted by molar-refractivity contribution is 8.25. The molecule has 1 atom stereocenters. The van der Waals surface area contributed by atoms with Gasteiger partial charge in [0.15, 0.2) is 0 Å². The van der Waals surface area contributed by atoms with Crippen molar-refractivity contribution in [1.29, 1.82) is 0 Å². The molecule has 9 heavy (non-hydrogen) atoms. The molecule has 0 fully saturated rings. The van der Waals surface area contributed by atoms with Gasteiger partial charge in [0.05, 0.1) is 9.74 Å². The van der Waals surface area contributed by atoms with Crippen molar-refractivity contribution in [2.75, 3.05) is 0 Å². The van der Waals surface area contributed by atoms with Crippen LogP contribution in [0.5, 0.6) is 0 Å². The van der Waals surface area contributed by atoms with Crippen molar-refractivity contribution in [1.82, 2.24) is 4.98 Å². The van der Waals surface area contributed by atoms with Gasteiger partial charge in [-0.3, -0.25) is 0 Å². The van der Waals surface area contributed by atoms with Gasteiger partial charge >= 0.3 is 0 Å². The lowest BCUT2D eigenvalue weighted by Gasteiger charge is -1.91. The van der Waals surface area contributed by atoms with Crippen LogP contribution in [0.4, 0.5) is 0 Å². The maximum absolute atomic E-state index is 8.80. The third-order valence-corrected chi connectivity index (χ3v) is 1.93. The van der Waals surface area contributed by atoms with E-state index in [1.165, 1.54) is 0 Å². The van der Waals surface area contributed by atoms with Gasteiger partial charge in [-0.15, -0.1) is 0 Å². The van der Waals surface area contributed by atoms with Crippen LogP contribution in [-0.2, 0) is 20.9 Å². The number of aromatic nitrogens is 1. The van der Waals surface area contributed by atoms with E-state index in [2.05, 4.69) is 16.2 Å². The van der Waals surface area contributed by atoms with Crippen molar-refractivity contribution < 1.29 is 4.55 Å². The highest BCUT2D eigenvalue weighted by atomic mass is 32.8. The zero-order valence-corrected chi connectivity index (χ0v) is 6.15. The van der Waals surface area contributed by atoms with Gasteiger partial charge in [-0.25, -0.2) is 4.98 Å². The van der Waals surface area contributed by atoms with Crippen molar-refractivity contribution in [2.45, 2.75) is 5.03 Å². The topological polar surface area (TPSA) is 33.1 Å². The molecule has 1 unspecified atom stereocenters. The monoisotopic (exact) mass is 159 g/mol. The molecule has 0 amide bonds. The summed E-state index contributed by atoms with van der Waals surface area (Å²) in [6.07, 6.45) is 1.61. The summed E-state index contributed by atoms with van der Waals surface area (Å²) in [5.41, 5.74) is 0. The molecule has 0 bridgehead atoms. The lowest BCUT2D eigenvalue weighted by Crippen LogP contribution is -1.88. The Morgan fingerprint density at radius 1 is 1.56 bits per heavy atom. The normalized spacial score (nSPS) is 13.0. The third-order valence-electron chi connectivity index (χ3n) is 0.817. The molecule has 1 N–H and O–H groups in total. The Morgan fingerprint density at radius 2 is 2.33 bits per heavy atom. The minimum absolute atomic E-state index is 0.563. The van der Waals surface area contributed by atoms with Crippen LogP contribution >= 0.6 is 0 Å².